The summed E-state index contributed by atoms with van der Waals surface area (Å²) in [4.78, 5) is 17.0. The van der Waals surface area contributed by atoms with Gasteiger partial charge < -0.3 is 20.1 Å². The zero-order chi connectivity index (χ0) is 19.8. The lowest BCUT2D eigenvalue weighted by molar-refractivity contribution is -0.0261. The van der Waals surface area contributed by atoms with Gasteiger partial charge in [-0.05, 0) is 44.3 Å². The lowest BCUT2D eigenvalue weighted by Gasteiger charge is -2.39. The van der Waals surface area contributed by atoms with Crippen LogP contribution in [0.4, 0.5) is 4.79 Å². The molecule has 28 heavy (non-hydrogen) atoms. The van der Waals surface area contributed by atoms with Gasteiger partial charge in [0.25, 0.3) is 0 Å². The summed E-state index contributed by atoms with van der Waals surface area (Å²) in [6.07, 6.45) is 5.32. The molecule has 2 aliphatic heterocycles. The Morgan fingerprint density at radius 3 is 2.54 bits per heavy atom. The Labute approximate surface area is 168 Å². The van der Waals surface area contributed by atoms with Crippen LogP contribution < -0.4 is 5.32 Å². The maximum Gasteiger partial charge on any atom is 0.317 e. The summed E-state index contributed by atoms with van der Waals surface area (Å²) in [5, 5.41) is 13.0. The molecule has 3 rings (SSSR count). The Balaban J connectivity index is 1.59. The number of rotatable bonds is 7. The van der Waals surface area contributed by atoms with Crippen molar-refractivity contribution in [3.63, 3.8) is 0 Å². The summed E-state index contributed by atoms with van der Waals surface area (Å²) < 4.78 is 5.43. The fraction of sp³-hybridized carbons (Fsp3) is 0.682. The third kappa shape index (κ3) is 5.46. The molecule has 1 aromatic carbocycles. The van der Waals surface area contributed by atoms with Crippen molar-refractivity contribution >= 4 is 6.03 Å². The summed E-state index contributed by atoms with van der Waals surface area (Å²) in [5.74, 6) is 0. The van der Waals surface area contributed by atoms with Crippen LogP contribution in [0.15, 0.2) is 30.3 Å². The average molecular weight is 390 g/mol. The van der Waals surface area contributed by atoms with Gasteiger partial charge in [0.15, 0.2) is 0 Å². The zero-order valence-corrected chi connectivity index (χ0v) is 17.1. The molecule has 0 aromatic heterocycles. The molecule has 2 saturated heterocycles. The molecule has 6 nitrogen and oxygen atoms in total. The lowest BCUT2D eigenvalue weighted by atomic mass is 9.80. The lowest BCUT2D eigenvalue weighted by Crippen LogP contribution is -2.49. The monoisotopic (exact) mass is 389 g/mol. The fourth-order valence-electron chi connectivity index (χ4n) is 4.43. The Bertz CT molecular complexity index is 598. The Kier molecular flexibility index (Phi) is 7.71. The van der Waals surface area contributed by atoms with E-state index in [1.54, 1.807) is 4.90 Å². The van der Waals surface area contributed by atoms with E-state index >= 15 is 0 Å². The highest BCUT2D eigenvalue weighted by Gasteiger charge is 2.34. The summed E-state index contributed by atoms with van der Waals surface area (Å²) in [5.41, 5.74) is 1.01. The Morgan fingerprint density at radius 1 is 1.21 bits per heavy atom. The molecule has 1 unspecified atom stereocenters. The van der Waals surface area contributed by atoms with Gasteiger partial charge in [-0.1, -0.05) is 36.8 Å². The summed E-state index contributed by atoms with van der Waals surface area (Å²) in [6, 6.07) is 10.6. The van der Waals surface area contributed by atoms with Gasteiger partial charge in [-0.25, -0.2) is 4.79 Å². The van der Waals surface area contributed by atoms with Gasteiger partial charge in [-0.2, -0.15) is 0 Å². The number of urea groups is 1. The minimum absolute atomic E-state index is 0.0720. The smallest absolute Gasteiger partial charge is 0.317 e. The summed E-state index contributed by atoms with van der Waals surface area (Å²) in [6.45, 7) is 4.72. The number of nitrogens with zero attached hydrogens (tertiary/aromatic N) is 2. The number of hydrogen-bond donors (Lipinski definition) is 2. The summed E-state index contributed by atoms with van der Waals surface area (Å²) in [7, 11) is 1.82. The number of aliphatic hydroxyl groups is 1. The molecule has 0 saturated carbocycles. The van der Waals surface area contributed by atoms with Gasteiger partial charge in [-0.15, -0.1) is 0 Å². The first-order valence-corrected chi connectivity index (χ1v) is 10.6. The van der Waals surface area contributed by atoms with Crippen LogP contribution in [0.25, 0.3) is 0 Å². The molecule has 2 fully saturated rings. The maximum atomic E-state index is 12.8. The van der Waals surface area contributed by atoms with Crippen molar-refractivity contribution in [3.05, 3.63) is 35.9 Å². The normalized spacial score (nSPS) is 21.1. The maximum absolute atomic E-state index is 12.8. The number of carbonyl (C=O) groups excluding carboxylic acids is 1. The first-order valence-electron chi connectivity index (χ1n) is 10.6. The van der Waals surface area contributed by atoms with Crippen LogP contribution in [-0.2, 0) is 4.74 Å². The van der Waals surface area contributed by atoms with Gasteiger partial charge in [0.2, 0.25) is 0 Å². The van der Waals surface area contributed by atoms with E-state index in [0.29, 0.717) is 26.3 Å². The van der Waals surface area contributed by atoms with Crippen molar-refractivity contribution in [1.29, 1.82) is 0 Å². The van der Waals surface area contributed by atoms with Crippen molar-refractivity contribution < 1.29 is 14.6 Å². The second-order valence-electron chi connectivity index (χ2n) is 8.34. The Morgan fingerprint density at radius 2 is 1.89 bits per heavy atom. The molecule has 0 bridgehead atoms. The van der Waals surface area contributed by atoms with E-state index in [-0.39, 0.29) is 24.1 Å². The number of piperidine rings is 1. The molecule has 2 amide bonds. The van der Waals surface area contributed by atoms with E-state index in [2.05, 4.69) is 34.5 Å². The quantitative estimate of drug-likeness (QED) is 0.752. The van der Waals surface area contributed by atoms with E-state index in [1.165, 1.54) is 24.8 Å². The molecular weight excluding hydrogens is 354 g/mol. The number of ether oxygens (including phenoxy) is 1. The third-order valence-electron chi connectivity index (χ3n) is 6.27. The predicted molar refractivity (Wildman–Crippen MR) is 110 cm³/mol. The number of likely N-dealkylation sites (tertiary alicyclic amines) is 1. The van der Waals surface area contributed by atoms with Crippen molar-refractivity contribution in [2.24, 2.45) is 5.41 Å². The first kappa shape index (κ1) is 21.1. The van der Waals surface area contributed by atoms with E-state index in [1.807, 2.05) is 13.1 Å². The van der Waals surface area contributed by atoms with Crippen molar-refractivity contribution in [2.45, 2.75) is 38.1 Å². The van der Waals surface area contributed by atoms with Crippen molar-refractivity contribution in [2.75, 3.05) is 53.0 Å². The predicted octanol–water partition coefficient (Wildman–Crippen LogP) is 2.64. The van der Waals surface area contributed by atoms with E-state index in [0.717, 1.165) is 25.9 Å². The number of nitrogens with one attached hydrogen (secondary N) is 1. The highest BCUT2D eigenvalue weighted by atomic mass is 16.5. The van der Waals surface area contributed by atoms with Gasteiger partial charge in [0.05, 0.1) is 12.6 Å². The SMILES string of the molecule is CN(CC1(CO)CCOCC1)C(=O)NCC(c1ccccc1)N1CCCCC1. The molecule has 0 aliphatic carbocycles. The third-order valence-corrected chi connectivity index (χ3v) is 6.27. The molecule has 0 radical (unpaired) electrons. The molecule has 0 spiro atoms. The number of benzene rings is 1. The van der Waals surface area contributed by atoms with Gasteiger partial charge >= 0.3 is 6.03 Å². The van der Waals surface area contributed by atoms with E-state index in [9.17, 15) is 9.90 Å². The van der Waals surface area contributed by atoms with Crippen LogP contribution in [0.5, 0.6) is 0 Å². The van der Waals surface area contributed by atoms with Gasteiger partial charge in [0.1, 0.15) is 0 Å². The molecule has 1 atom stereocenters. The van der Waals surface area contributed by atoms with Crippen molar-refractivity contribution in [3.8, 4) is 0 Å². The molecule has 2 aliphatic rings. The Hall–Kier alpha value is -1.63. The standard InChI is InChI=1S/C22H35N3O3/c1-24(17-22(18-26)10-14-28-15-11-22)21(27)23-16-20(19-8-4-2-5-9-19)25-12-6-3-7-13-25/h2,4-5,8-9,20,26H,3,6-7,10-18H2,1H3,(H,23,27). The minimum atomic E-state index is -0.240. The second-order valence-corrected chi connectivity index (χ2v) is 8.34. The second kappa shape index (κ2) is 10.2. The van der Waals surface area contributed by atoms with Gasteiger partial charge in [0, 0.05) is 38.8 Å². The number of amides is 2. The first-order chi connectivity index (χ1) is 13.6. The molecule has 6 heteroatoms. The van der Waals surface area contributed by atoms with Crippen molar-refractivity contribution in [1.82, 2.24) is 15.1 Å². The molecule has 2 heterocycles. The highest BCUT2D eigenvalue weighted by Crippen LogP contribution is 2.31. The molecule has 2 N–H and O–H groups in total. The van der Waals surface area contributed by atoms with Crippen LogP contribution in [0.1, 0.15) is 43.7 Å². The van der Waals surface area contributed by atoms with E-state index in [4.69, 9.17) is 4.74 Å². The zero-order valence-electron chi connectivity index (χ0n) is 17.1. The van der Waals surface area contributed by atoms with Crippen LogP contribution in [0.2, 0.25) is 0 Å². The number of aliphatic hydroxyl groups excluding tert-OH is 1. The largest absolute Gasteiger partial charge is 0.396 e. The van der Waals surface area contributed by atoms with E-state index < -0.39 is 0 Å². The molecular formula is C22H35N3O3. The molecule has 156 valence electrons. The number of carbonyl (C=O) groups is 1. The minimum Gasteiger partial charge on any atom is -0.396 e. The summed E-state index contributed by atoms with van der Waals surface area (Å²) >= 11 is 0. The topological polar surface area (TPSA) is 65.0 Å². The average Bonchev–Trinajstić information content (AvgIpc) is 2.76. The van der Waals surface area contributed by atoms with Crippen LogP contribution >= 0.6 is 0 Å². The van der Waals surface area contributed by atoms with Gasteiger partial charge in [-0.3, -0.25) is 4.90 Å². The fourth-order valence-corrected chi connectivity index (χ4v) is 4.43. The van der Waals surface area contributed by atoms with Crippen LogP contribution in [0.3, 0.4) is 0 Å². The highest BCUT2D eigenvalue weighted by molar-refractivity contribution is 5.74. The van der Waals surface area contributed by atoms with Crippen LogP contribution in [-0.4, -0.2) is 74.0 Å². The molecule has 1 aromatic rings. The number of hydrogen-bond acceptors (Lipinski definition) is 4. The van der Waals surface area contributed by atoms with Crippen LogP contribution in [0, 0.1) is 5.41 Å².